The van der Waals surface area contributed by atoms with Gasteiger partial charge in [0.25, 0.3) is 17.6 Å². The Morgan fingerprint density at radius 1 is 1.13 bits per heavy atom. The van der Waals surface area contributed by atoms with Crippen LogP contribution in [-0.4, -0.2) is 24.2 Å². The van der Waals surface area contributed by atoms with Gasteiger partial charge in [-0.1, -0.05) is 29.8 Å². The fourth-order valence-corrected chi connectivity index (χ4v) is 2.18. The van der Waals surface area contributed by atoms with Gasteiger partial charge in [-0.3, -0.25) is 14.4 Å². The highest BCUT2D eigenvalue weighted by Gasteiger charge is 2.19. The van der Waals surface area contributed by atoms with Gasteiger partial charge in [-0.25, -0.2) is 0 Å². The molecule has 2 aromatic rings. The number of Topliss-reactive ketones (excluding diaryl/α,β-unsaturated/α-hetero) is 1. The van der Waals surface area contributed by atoms with E-state index in [4.69, 9.17) is 4.74 Å². The summed E-state index contributed by atoms with van der Waals surface area (Å²) in [5.74, 6) is -1.11. The zero-order valence-corrected chi connectivity index (χ0v) is 12.4. The van der Waals surface area contributed by atoms with Gasteiger partial charge >= 0.3 is 0 Å². The number of ketones is 1. The number of benzene rings is 2. The quantitative estimate of drug-likeness (QED) is 0.672. The molecule has 0 bridgehead atoms. The van der Waals surface area contributed by atoms with Crippen molar-refractivity contribution in [3.63, 3.8) is 0 Å². The lowest BCUT2D eigenvalue weighted by Crippen LogP contribution is -2.26. The summed E-state index contributed by atoms with van der Waals surface area (Å²) >= 11 is 0. The lowest BCUT2D eigenvalue weighted by Gasteiger charge is -2.18. The molecule has 0 saturated heterocycles. The van der Waals surface area contributed by atoms with Gasteiger partial charge in [-0.2, -0.15) is 0 Å². The normalized spacial score (nSPS) is 12.7. The third-order valence-corrected chi connectivity index (χ3v) is 3.39. The second-order valence-corrected chi connectivity index (χ2v) is 5.20. The smallest absolute Gasteiger partial charge is 0.296 e. The van der Waals surface area contributed by atoms with Gasteiger partial charge in [0.05, 0.1) is 5.69 Å². The summed E-state index contributed by atoms with van der Waals surface area (Å²) in [6.07, 6.45) is 0. The van der Waals surface area contributed by atoms with E-state index in [1.165, 1.54) is 0 Å². The van der Waals surface area contributed by atoms with Crippen LogP contribution >= 0.6 is 0 Å². The average Bonchev–Trinajstić information content (AvgIpc) is 2.54. The molecule has 0 spiro atoms. The Bertz CT molecular complexity index is 797. The van der Waals surface area contributed by atoms with Crippen LogP contribution in [0.1, 0.15) is 15.9 Å². The average molecular weight is 310 g/mol. The summed E-state index contributed by atoms with van der Waals surface area (Å²) in [7, 11) is 0. The molecule has 2 amide bonds. The van der Waals surface area contributed by atoms with Crippen LogP contribution in [0.4, 0.5) is 11.4 Å². The fraction of sp³-hybridized carbons (Fsp3) is 0.118. The summed E-state index contributed by atoms with van der Waals surface area (Å²) in [5, 5.41) is 5.16. The SMILES string of the molecule is Cc1ccc(C(=O)C(=O)Nc2ccc3c(c2)NC(=O)CO3)cc1. The number of nitrogens with one attached hydrogen (secondary N) is 2. The number of amides is 2. The first-order chi connectivity index (χ1) is 11.0. The maximum Gasteiger partial charge on any atom is 0.296 e. The van der Waals surface area contributed by atoms with Crippen molar-refractivity contribution in [3.05, 3.63) is 53.6 Å². The largest absolute Gasteiger partial charge is 0.482 e. The number of fused-ring (bicyclic) bond motifs is 1. The molecule has 116 valence electrons. The molecule has 0 atom stereocenters. The van der Waals surface area contributed by atoms with Gasteiger partial charge in [-0.15, -0.1) is 0 Å². The minimum absolute atomic E-state index is 0.0371. The minimum Gasteiger partial charge on any atom is -0.482 e. The fourth-order valence-electron chi connectivity index (χ4n) is 2.18. The lowest BCUT2D eigenvalue weighted by molar-refractivity contribution is -0.118. The second kappa shape index (κ2) is 5.92. The van der Waals surface area contributed by atoms with Gasteiger partial charge in [0, 0.05) is 11.3 Å². The molecule has 1 heterocycles. The standard InChI is InChI=1S/C17H14N2O4/c1-10-2-4-11(5-3-10)16(21)17(22)18-12-6-7-14-13(8-12)19-15(20)9-23-14/h2-8H,9H2,1H3,(H,18,22)(H,19,20). The van der Waals surface area contributed by atoms with Crippen molar-refractivity contribution in [2.75, 3.05) is 17.2 Å². The minimum atomic E-state index is -0.739. The van der Waals surface area contributed by atoms with E-state index in [0.717, 1.165) is 5.56 Å². The Balaban J connectivity index is 1.75. The van der Waals surface area contributed by atoms with Gasteiger partial charge < -0.3 is 15.4 Å². The number of carbonyl (C=O) groups is 3. The first-order valence-electron chi connectivity index (χ1n) is 7.02. The maximum atomic E-state index is 12.1. The van der Waals surface area contributed by atoms with Crippen molar-refractivity contribution in [1.82, 2.24) is 0 Å². The molecule has 1 aliphatic heterocycles. The summed E-state index contributed by atoms with van der Waals surface area (Å²) < 4.78 is 5.23. The predicted molar refractivity (Wildman–Crippen MR) is 84.7 cm³/mol. The third kappa shape index (κ3) is 3.21. The topological polar surface area (TPSA) is 84.5 Å². The molecule has 0 radical (unpaired) electrons. The summed E-state index contributed by atoms with van der Waals surface area (Å²) in [6, 6.07) is 11.5. The second-order valence-electron chi connectivity index (χ2n) is 5.20. The van der Waals surface area contributed by atoms with Gasteiger partial charge in [0.15, 0.2) is 6.61 Å². The van der Waals surface area contributed by atoms with Gasteiger partial charge in [0.1, 0.15) is 5.75 Å². The van der Waals surface area contributed by atoms with Crippen molar-refractivity contribution in [3.8, 4) is 5.75 Å². The van der Waals surface area contributed by atoms with Crippen molar-refractivity contribution in [2.45, 2.75) is 6.92 Å². The van der Waals surface area contributed by atoms with Crippen LogP contribution in [0.25, 0.3) is 0 Å². The zero-order chi connectivity index (χ0) is 16.4. The summed E-state index contributed by atoms with van der Waals surface area (Å²) in [4.78, 5) is 35.4. The highest BCUT2D eigenvalue weighted by molar-refractivity contribution is 6.46. The van der Waals surface area contributed by atoms with Crippen LogP contribution < -0.4 is 15.4 Å². The van der Waals surface area contributed by atoms with Crippen LogP contribution in [0.2, 0.25) is 0 Å². The lowest BCUT2D eigenvalue weighted by atomic mass is 10.1. The zero-order valence-electron chi connectivity index (χ0n) is 12.4. The molecule has 0 aromatic heterocycles. The molecule has 2 N–H and O–H groups in total. The Hall–Kier alpha value is -3.15. The molecule has 23 heavy (non-hydrogen) atoms. The van der Waals surface area contributed by atoms with Crippen molar-refractivity contribution in [1.29, 1.82) is 0 Å². The van der Waals surface area contributed by atoms with Crippen LogP contribution in [0.3, 0.4) is 0 Å². The first-order valence-corrected chi connectivity index (χ1v) is 7.02. The molecule has 1 aliphatic rings. The van der Waals surface area contributed by atoms with E-state index in [9.17, 15) is 14.4 Å². The van der Waals surface area contributed by atoms with Crippen molar-refractivity contribution < 1.29 is 19.1 Å². The maximum absolute atomic E-state index is 12.1. The van der Waals surface area contributed by atoms with E-state index in [1.54, 1.807) is 42.5 Å². The highest BCUT2D eigenvalue weighted by Crippen LogP contribution is 2.30. The molecular weight excluding hydrogens is 296 g/mol. The number of aryl methyl sites for hydroxylation is 1. The number of hydrogen-bond donors (Lipinski definition) is 2. The number of ether oxygens (including phenoxy) is 1. The van der Waals surface area contributed by atoms with E-state index in [1.807, 2.05) is 6.92 Å². The molecular formula is C17H14N2O4. The molecule has 0 aliphatic carbocycles. The van der Waals surface area contributed by atoms with Gasteiger partial charge in [0.2, 0.25) is 0 Å². The van der Waals surface area contributed by atoms with Gasteiger partial charge in [-0.05, 0) is 25.1 Å². The van der Waals surface area contributed by atoms with E-state index in [0.29, 0.717) is 22.7 Å². The molecule has 0 unspecified atom stereocenters. The van der Waals surface area contributed by atoms with E-state index >= 15 is 0 Å². The molecule has 0 fully saturated rings. The number of hydrogen-bond acceptors (Lipinski definition) is 4. The summed E-state index contributed by atoms with van der Waals surface area (Å²) in [6.45, 7) is 1.86. The van der Waals surface area contributed by atoms with Crippen LogP contribution in [0, 0.1) is 6.92 Å². The van der Waals surface area contributed by atoms with E-state index < -0.39 is 11.7 Å². The Morgan fingerprint density at radius 2 is 1.87 bits per heavy atom. The monoisotopic (exact) mass is 310 g/mol. The van der Waals surface area contributed by atoms with Crippen LogP contribution in [0.15, 0.2) is 42.5 Å². The number of carbonyl (C=O) groups excluding carboxylic acids is 3. The molecule has 2 aromatic carbocycles. The van der Waals surface area contributed by atoms with E-state index in [2.05, 4.69) is 10.6 Å². The molecule has 6 nitrogen and oxygen atoms in total. The Labute approximate surface area is 132 Å². The Morgan fingerprint density at radius 3 is 2.61 bits per heavy atom. The Kier molecular flexibility index (Phi) is 3.80. The van der Waals surface area contributed by atoms with Crippen LogP contribution in [0.5, 0.6) is 5.75 Å². The highest BCUT2D eigenvalue weighted by atomic mass is 16.5. The molecule has 0 saturated carbocycles. The van der Waals surface area contributed by atoms with Crippen molar-refractivity contribution >= 4 is 29.0 Å². The first kappa shape index (κ1) is 14.8. The third-order valence-electron chi connectivity index (χ3n) is 3.39. The molecule has 3 rings (SSSR count). The molecule has 6 heteroatoms. The number of rotatable bonds is 3. The number of anilines is 2. The summed E-state index contributed by atoms with van der Waals surface area (Å²) in [5.41, 5.74) is 2.19. The van der Waals surface area contributed by atoms with E-state index in [-0.39, 0.29) is 12.5 Å². The van der Waals surface area contributed by atoms with Crippen molar-refractivity contribution in [2.24, 2.45) is 0 Å². The predicted octanol–water partition coefficient (Wildman–Crippen LogP) is 2.15. The van der Waals surface area contributed by atoms with Crippen LogP contribution in [-0.2, 0) is 9.59 Å².